The maximum absolute atomic E-state index is 12.1. The summed E-state index contributed by atoms with van der Waals surface area (Å²) < 4.78 is 7.58. The van der Waals surface area contributed by atoms with Gasteiger partial charge in [0.15, 0.2) is 0 Å². The molecular formula is C37H38Cl2N6O5. The van der Waals surface area contributed by atoms with Crippen LogP contribution >= 0.6 is 23.2 Å². The summed E-state index contributed by atoms with van der Waals surface area (Å²) in [5.41, 5.74) is 6.59. The van der Waals surface area contributed by atoms with Gasteiger partial charge < -0.3 is 35.1 Å². The van der Waals surface area contributed by atoms with E-state index in [0.717, 1.165) is 27.7 Å². The van der Waals surface area contributed by atoms with Gasteiger partial charge in [0, 0.05) is 78.5 Å². The molecule has 0 aliphatic carbocycles. The quantitative estimate of drug-likeness (QED) is 0.114. The van der Waals surface area contributed by atoms with Crippen molar-refractivity contribution in [3.8, 4) is 39.5 Å². The Balaban J connectivity index is 1.28. The Labute approximate surface area is 299 Å². The summed E-state index contributed by atoms with van der Waals surface area (Å²) in [6.07, 6.45) is 1.48. The van der Waals surface area contributed by atoms with E-state index in [1.165, 1.54) is 12.0 Å². The number of carbonyl (C=O) groups is 2. The van der Waals surface area contributed by atoms with Crippen LogP contribution in [0.1, 0.15) is 30.9 Å². The van der Waals surface area contributed by atoms with Crippen molar-refractivity contribution in [2.45, 2.75) is 45.0 Å². The number of carboxylic acid groups (broad SMARTS) is 1. The number of rotatable bonds is 12. The van der Waals surface area contributed by atoms with E-state index in [-0.39, 0.29) is 30.9 Å². The zero-order chi connectivity index (χ0) is 35.5. The number of aryl methyl sites for hydroxylation is 1. The Kier molecular flexibility index (Phi) is 10.6. The first-order valence-corrected chi connectivity index (χ1v) is 17.0. The maximum atomic E-state index is 12.1. The highest BCUT2D eigenvalue weighted by molar-refractivity contribution is 6.39. The van der Waals surface area contributed by atoms with Crippen molar-refractivity contribution in [1.82, 2.24) is 30.1 Å². The molecular weight excluding hydrogens is 679 g/mol. The number of carbonyl (C=O) groups excluding carboxylic acids is 1. The normalized spacial score (nSPS) is 14.9. The molecule has 11 nitrogen and oxygen atoms in total. The van der Waals surface area contributed by atoms with Crippen LogP contribution in [-0.2, 0) is 24.9 Å². The number of pyridine rings is 2. The second-order valence-corrected chi connectivity index (χ2v) is 13.2. The molecule has 0 unspecified atom stereocenters. The summed E-state index contributed by atoms with van der Waals surface area (Å²) in [5.74, 6) is 0.198. The fraction of sp³-hybridized carbons (Fsp3) is 0.297. The fourth-order valence-corrected chi connectivity index (χ4v) is 6.98. The SMILES string of the molecule is COc1nc(-c2cccc(-c3cccc(-c4ccc5c(CNC[C@H](C)O)cn(C)c5n4)c3Cl)c2Cl)ccc1CN(C[C@@H]1CCC(=O)N1)C(=O)O. The van der Waals surface area contributed by atoms with E-state index in [0.29, 0.717) is 64.1 Å². The average Bonchev–Trinajstić information content (AvgIpc) is 3.65. The Hall–Kier alpha value is -4.68. The summed E-state index contributed by atoms with van der Waals surface area (Å²) in [5, 5.41) is 27.5. The number of benzene rings is 2. The van der Waals surface area contributed by atoms with Gasteiger partial charge in [-0.15, -0.1) is 0 Å². The molecule has 4 heterocycles. The van der Waals surface area contributed by atoms with Crippen molar-refractivity contribution in [2.24, 2.45) is 7.05 Å². The second kappa shape index (κ2) is 15.1. The van der Waals surface area contributed by atoms with Gasteiger partial charge in [-0.2, -0.15) is 0 Å². The van der Waals surface area contributed by atoms with Crippen LogP contribution in [0.5, 0.6) is 5.88 Å². The first kappa shape index (κ1) is 35.2. The molecule has 1 aliphatic heterocycles. The van der Waals surface area contributed by atoms with Gasteiger partial charge in [-0.3, -0.25) is 4.79 Å². The molecule has 2 amide bonds. The lowest BCUT2D eigenvalue weighted by Gasteiger charge is -2.23. The molecule has 4 N–H and O–H groups in total. The predicted molar refractivity (Wildman–Crippen MR) is 194 cm³/mol. The highest BCUT2D eigenvalue weighted by atomic mass is 35.5. The Morgan fingerprint density at radius 2 is 1.66 bits per heavy atom. The van der Waals surface area contributed by atoms with E-state index in [9.17, 15) is 19.8 Å². The number of halogens is 2. The molecule has 0 saturated carbocycles. The highest BCUT2D eigenvalue weighted by Crippen LogP contribution is 2.42. The molecule has 0 bridgehead atoms. The van der Waals surface area contributed by atoms with E-state index in [1.807, 2.05) is 66.3 Å². The van der Waals surface area contributed by atoms with E-state index >= 15 is 0 Å². The summed E-state index contributed by atoms with van der Waals surface area (Å²) in [6.45, 7) is 3.06. The van der Waals surface area contributed by atoms with E-state index in [2.05, 4.69) is 10.6 Å². The summed E-state index contributed by atoms with van der Waals surface area (Å²) in [6, 6.07) is 18.7. The number of methoxy groups -OCH3 is 1. The van der Waals surface area contributed by atoms with Crippen LogP contribution in [0.4, 0.5) is 4.79 Å². The summed E-state index contributed by atoms with van der Waals surface area (Å²) in [4.78, 5) is 34.6. The van der Waals surface area contributed by atoms with Crippen LogP contribution in [-0.4, -0.2) is 74.0 Å². The first-order valence-electron chi connectivity index (χ1n) is 16.3. The van der Waals surface area contributed by atoms with Gasteiger partial charge in [0.25, 0.3) is 0 Å². The third kappa shape index (κ3) is 7.41. The summed E-state index contributed by atoms with van der Waals surface area (Å²) >= 11 is 14.2. The zero-order valence-corrected chi connectivity index (χ0v) is 29.4. The third-order valence-electron chi connectivity index (χ3n) is 8.79. The van der Waals surface area contributed by atoms with Crippen molar-refractivity contribution < 1.29 is 24.5 Å². The number of hydrogen-bond donors (Lipinski definition) is 4. The van der Waals surface area contributed by atoms with Crippen molar-refractivity contribution in [3.05, 3.63) is 88.0 Å². The molecule has 2 aromatic carbocycles. The molecule has 2 atom stereocenters. The number of hydrogen-bond acceptors (Lipinski definition) is 7. The number of amides is 2. The monoisotopic (exact) mass is 716 g/mol. The Bertz CT molecular complexity index is 2070. The van der Waals surface area contributed by atoms with Crippen LogP contribution in [0.25, 0.3) is 44.7 Å². The van der Waals surface area contributed by atoms with Crippen LogP contribution in [0.2, 0.25) is 10.0 Å². The van der Waals surface area contributed by atoms with Gasteiger partial charge in [-0.05, 0) is 43.2 Å². The standard InChI is InChI=1S/C37H38Cl2N6O5/c1-21(46)16-40-17-23-18-44(2)35-25(23)12-14-30(42-35)28-8-4-6-26(33(28)38)27-7-5-9-29(34(27)39)31-13-10-22(36(43-31)50-3)19-45(37(48)49)20-24-11-15-32(47)41-24/h4-10,12-14,18,21,24,40,46H,11,15-17,19-20H2,1-3H3,(H,41,47)(H,48,49)/t21-,24-/m0/s1. The minimum absolute atomic E-state index is 0.0398. The Morgan fingerprint density at radius 1 is 1.02 bits per heavy atom. The molecule has 6 rings (SSSR count). The maximum Gasteiger partial charge on any atom is 0.407 e. The van der Waals surface area contributed by atoms with Gasteiger partial charge >= 0.3 is 6.09 Å². The summed E-state index contributed by atoms with van der Waals surface area (Å²) in [7, 11) is 3.44. The van der Waals surface area contributed by atoms with Crippen molar-refractivity contribution >= 4 is 46.2 Å². The van der Waals surface area contributed by atoms with Gasteiger partial charge in [0.2, 0.25) is 11.8 Å². The minimum atomic E-state index is -1.10. The van der Waals surface area contributed by atoms with Gasteiger partial charge in [-0.1, -0.05) is 59.6 Å². The number of aliphatic hydroxyl groups is 1. The third-order valence-corrected chi connectivity index (χ3v) is 9.60. The van der Waals surface area contributed by atoms with E-state index in [4.69, 9.17) is 37.9 Å². The molecule has 1 saturated heterocycles. The average molecular weight is 718 g/mol. The molecule has 0 spiro atoms. The molecule has 5 aromatic rings. The van der Waals surface area contributed by atoms with Crippen LogP contribution in [0.15, 0.2) is 66.9 Å². The molecule has 0 radical (unpaired) electrons. The number of nitrogens with zero attached hydrogens (tertiary/aromatic N) is 4. The van der Waals surface area contributed by atoms with Crippen LogP contribution in [0.3, 0.4) is 0 Å². The molecule has 1 fully saturated rings. The Morgan fingerprint density at radius 3 is 2.26 bits per heavy atom. The van der Waals surface area contributed by atoms with Crippen molar-refractivity contribution in [2.75, 3.05) is 20.2 Å². The number of fused-ring (bicyclic) bond motifs is 1. The highest BCUT2D eigenvalue weighted by Gasteiger charge is 2.26. The van der Waals surface area contributed by atoms with Gasteiger partial charge in [-0.25, -0.2) is 14.8 Å². The van der Waals surface area contributed by atoms with Crippen molar-refractivity contribution in [3.63, 3.8) is 0 Å². The van der Waals surface area contributed by atoms with Crippen molar-refractivity contribution in [1.29, 1.82) is 0 Å². The lowest BCUT2D eigenvalue weighted by molar-refractivity contribution is -0.119. The smallest absolute Gasteiger partial charge is 0.407 e. The number of aliphatic hydroxyl groups excluding tert-OH is 1. The molecule has 260 valence electrons. The fourth-order valence-electron chi connectivity index (χ4n) is 6.33. The molecule has 1 aliphatic rings. The first-order chi connectivity index (χ1) is 24.0. The van der Waals surface area contributed by atoms with E-state index in [1.54, 1.807) is 19.1 Å². The minimum Gasteiger partial charge on any atom is -0.481 e. The number of nitrogens with one attached hydrogen (secondary N) is 2. The topological polar surface area (TPSA) is 142 Å². The molecule has 13 heteroatoms. The molecule has 3 aromatic heterocycles. The second-order valence-electron chi connectivity index (χ2n) is 12.5. The lowest BCUT2D eigenvalue weighted by Crippen LogP contribution is -2.41. The van der Waals surface area contributed by atoms with Gasteiger partial charge in [0.05, 0.1) is 41.2 Å². The number of aromatic nitrogens is 3. The number of ether oxygens (including phenoxy) is 1. The van der Waals surface area contributed by atoms with Crippen LogP contribution in [0, 0.1) is 0 Å². The largest absolute Gasteiger partial charge is 0.481 e. The predicted octanol–water partition coefficient (Wildman–Crippen LogP) is 6.51. The lowest BCUT2D eigenvalue weighted by atomic mass is 9.98. The van der Waals surface area contributed by atoms with Gasteiger partial charge in [0.1, 0.15) is 5.65 Å². The van der Waals surface area contributed by atoms with Crippen LogP contribution < -0.4 is 15.4 Å². The van der Waals surface area contributed by atoms with E-state index < -0.39 is 12.2 Å². The zero-order valence-electron chi connectivity index (χ0n) is 27.9. The molecule has 50 heavy (non-hydrogen) atoms.